The van der Waals surface area contributed by atoms with Gasteiger partial charge in [-0.1, -0.05) is 17.3 Å². The van der Waals surface area contributed by atoms with Crippen LogP contribution in [-0.4, -0.2) is 22.7 Å². The molecular weight excluding hydrogens is 244 g/mol. The zero-order chi connectivity index (χ0) is 13.2. The Bertz CT molecular complexity index is 593. The molecule has 0 saturated carbocycles. The van der Waals surface area contributed by atoms with Crippen LogP contribution in [0.3, 0.4) is 0 Å². The number of aromatic hydroxyl groups is 1. The van der Waals surface area contributed by atoms with E-state index in [1.165, 1.54) is 6.26 Å². The molecule has 0 unspecified atom stereocenters. The number of para-hydroxylation sites is 1. The Morgan fingerprint density at radius 1 is 1.42 bits per heavy atom. The standard InChI is InChI=1S/C14H14N2O3/c17-12-5-1-3-10-4-2-7-16(14(10)12)13(18)9-11-6-8-19-15-11/h1,3,5-6,8,17H,2,4,7,9H2. The van der Waals surface area contributed by atoms with Crippen LogP contribution in [0.1, 0.15) is 17.7 Å². The highest BCUT2D eigenvalue weighted by molar-refractivity contribution is 5.97. The topological polar surface area (TPSA) is 66.6 Å². The minimum Gasteiger partial charge on any atom is -0.506 e. The summed E-state index contributed by atoms with van der Waals surface area (Å²) in [6.45, 7) is 0.626. The molecule has 98 valence electrons. The SMILES string of the molecule is O=C(Cc1ccon1)N1CCCc2cccc(O)c21. The molecule has 1 amide bonds. The monoisotopic (exact) mass is 258 g/mol. The molecule has 1 aliphatic heterocycles. The number of carbonyl (C=O) groups is 1. The summed E-state index contributed by atoms with van der Waals surface area (Å²) in [7, 11) is 0. The number of anilines is 1. The van der Waals surface area contributed by atoms with Crippen LogP contribution in [0.5, 0.6) is 5.75 Å². The maximum Gasteiger partial charge on any atom is 0.233 e. The number of benzene rings is 1. The first-order valence-electron chi connectivity index (χ1n) is 6.26. The molecule has 3 rings (SSSR count). The predicted molar refractivity (Wildman–Crippen MR) is 69.0 cm³/mol. The van der Waals surface area contributed by atoms with Gasteiger partial charge >= 0.3 is 0 Å². The van der Waals surface area contributed by atoms with Crippen molar-refractivity contribution in [3.8, 4) is 5.75 Å². The van der Waals surface area contributed by atoms with E-state index in [4.69, 9.17) is 4.52 Å². The summed E-state index contributed by atoms with van der Waals surface area (Å²) in [6.07, 6.45) is 3.42. The molecule has 0 aliphatic carbocycles. The summed E-state index contributed by atoms with van der Waals surface area (Å²) in [5.74, 6) is 0.0852. The van der Waals surface area contributed by atoms with Gasteiger partial charge in [0.2, 0.25) is 5.91 Å². The molecule has 2 heterocycles. The van der Waals surface area contributed by atoms with Gasteiger partial charge in [0.05, 0.1) is 17.8 Å². The number of hydrogen-bond donors (Lipinski definition) is 1. The molecule has 2 aromatic rings. The summed E-state index contributed by atoms with van der Waals surface area (Å²) in [5, 5.41) is 13.7. The first kappa shape index (κ1) is 11.8. The third-order valence-corrected chi connectivity index (χ3v) is 3.32. The molecule has 5 heteroatoms. The normalized spacial score (nSPS) is 14.2. The largest absolute Gasteiger partial charge is 0.506 e. The fourth-order valence-corrected chi connectivity index (χ4v) is 2.46. The lowest BCUT2D eigenvalue weighted by Gasteiger charge is -2.29. The van der Waals surface area contributed by atoms with Crippen LogP contribution in [0.25, 0.3) is 0 Å². The number of nitrogens with zero attached hydrogens (tertiary/aromatic N) is 2. The molecule has 1 aromatic heterocycles. The summed E-state index contributed by atoms with van der Waals surface area (Å²) >= 11 is 0. The number of phenolic OH excluding ortho intramolecular Hbond substituents is 1. The van der Waals surface area contributed by atoms with Crippen molar-refractivity contribution in [3.05, 3.63) is 41.8 Å². The third-order valence-electron chi connectivity index (χ3n) is 3.32. The maximum atomic E-state index is 12.3. The van der Waals surface area contributed by atoms with Crippen molar-refractivity contribution in [2.75, 3.05) is 11.4 Å². The van der Waals surface area contributed by atoms with Crippen molar-refractivity contribution in [2.24, 2.45) is 0 Å². The lowest BCUT2D eigenvalue weighted by molar-refractivity contribution is -0.118. The average Bonchev–Trinajstić information content (AvgIpc) is 2.91. The fraction of sp³-hybridized carbons (Fsp3) is 0.286. The smallest absolute Gasteiger partial charge is 0.233 e. The molecule has 0 radical (unpaired) electrons. The Morgan fingerprint density at radius 2 is 2.32 bits per heavy atom. The summed E-state index contributed by atoms with van der Waals surface area (Å²) in [4.78, 5) is 14.0. The van der Waals surface area contributed by atoms with Gasteiger partial charge in [0.25, 0.3) is 0 Å². The number of carbonyl (C=O) groups excluding carboxylic acids is 1. The van der Waals surface area contributed by atoms with Gasteiger partial charge in [-0.3, -0.25) is 4.79 Å². The molecule has 0 saturated heterocycles. The summed E-state index contributed by atoms with van der Waals surface area (Å²) in [5.41, 5.74) is 2.26. The minimum absolute atomic E-state index is 0.0728. The van der Waals surface area contributed by atoms with E-state index in [0.717, 1.165) is 18.4 Å². The summed E-state index contributed by atoms with van der Waals surface area (Å²) in [6, 6.07) is 7.04. The molecule has 0 spiro atoms. The highest BCUT2D eigenvalue weighted by Crippen LogP contribution is 2.35. The molecule has 5 nitrogen and oxygen atoms in total. The Morgan fingerprint density at radius 3 is 3.11 bits per heavy atom. The van der Waals surface area contributed by atoms with Gasteiger partial charge in [-0.2, -0.15) is 0 Å². The van der Waals surface area contributed by atoms with Crippen LogP contribution in [0.4, 0.5) is 5.69 Å². The van der Waals surface area contributed by atoms with E-state index < -0.39 is 0 Å². The number of aromatic nitrogens is 1. The molecule has 0 atom stereocenters. The van der Waals surface area contributed by atoms with Crippen molar-refractivity contribution in [1.29, 1.82) is 0 Å². The van der Waals surface area contributed by atoms with Crippen LogP contribution in [0, 0.1) is 0 Å². The number of aryl methyl sites for hydroxylation is 1. The van der Waals surface area contributed by atoms with Gasteiger partial charge in [-0.15, -0.1) is 0 Å². The lowest BCUT2D eigenvalue weighted by atomic mass is 10.0. The van der Waals surface area contributed by atoms with Gasteiger partial charge in [0.15, 0.2) is 0 Å². The molecule has 1 aromatic carbocycles. The Balaban J connectivity index is 1.89. The van der Waals surface area contributed by atoms with E-state index in [1.54, 1.807) is 23.1 Å². The molecular formula is C14H14N2O3. The van der Waals surface area contributed by atoms with E-state index in [1.807, 2.05) is 6.07 Å². The quantitative estimate of drug-likeness (QED) is 0.893. The zero-order valence-corrected chi connectivity index (χ0v) is 10.4. The van der Waals surface area contributed by atoms with Crippen molar-refractivity contribution >= 4 is 11.6 Å². The average molecular weight is 258 g/mol. The van der Waals surface area contributed by atoms with Crippen LogP contribution >= 0.6 is 0 Å². The van der Waals surface area contributed by atoms with Crippen LogP contribution in [-0.2, 0) is 17.6 Å². The number of rotatable bonds is 2. The van der Waals surface area contributed by atoms with E-state index in [-0.39, 0.29) is 18.1 Å². The number of hydrogen-bond acceptors (Lipinski definition) is 4. The predicted octanol–water partition coefficient (Wildman–Crippen LogP) is 1.90. The number of phenols is 1. The highest BCUT2D eigenvalue weighted by Gasteiger charge is 2.25. The fourth-order valence-electron chi connectivity index (χ4n) is 2.46. The lowest BCUT2D eigenvalue weighted by Crippen LogP contribution is -2.36. The Hall–Kier alpha value is -2.30. The van der Waals surface area contributed by atoms with E-state index in [0.29, 0.717) is 17.9 Å². The van der Waals surface area contributed by atoms with Crippen LogP contribution < -0.4 is 4.90 Å². The second-order valence-electron chi connectivity index (χ2n) is 4.60. The third kappa shape index (κ3) is 2.19. The number of amides is 1. The maximum absolute atomic E-state index is 12.3. The zero-order valence-electron chi connectivity index (χ0n) is 10.4. The second-order valence-corrected chi connectivity index (χ2v) is 4.60. The van der Waals surface area contributed by atoms with Gasteiger partial charge in [-0.05, 0) is 24.5 Å². The van der Waals surface area contributed by atoms with E-state index >= 15 is 0 Å². The van der Waals surface area contributed by atoms with Gasteiger partial charge in [-0.25, -0.2) is 0 Å². The van der Waals surface area contributed by atoms with Gasteiger partial charge in [0.1, 0.15) is 12.0 Å². The highest BCUT2D eigenvalue weighted by atomic mass is 16.5. The van der Waals surface area contributed by atoms with Crippen molar-refractivity contribution in [1.82, 2.24) is 5.16 Å². The number of fused-ring (bicyclic) bond motifs is 1. The van der Waals surface area contributed by atoms with Crippen molar-refractivity contribution in [2.45, 2.75) is 19.3 Å². The van der Waals surface area contributed by atoms with Crippen molar-refractivity contribution in [3.63, 3.8) is 0 Å². The van der Waals surface area contributed by atoms with E-state index in [9.17, 15) is 9.90 Å². The first-order chi connectivity index (χ1) is 9.25. The van der Waals surface area contributed by atoms with Gasteiger partial charge < -0.3 is 14.5 Å². The molecule has 1 N–H and O–H groups in total. The van der Waals surface area contributed by atoms with Crippen LogP contribution in [0.2, 0.25) is 0 Å². The molecule has 0 bridgehead atoms. The molecule has 0 fully saturated rings. The van der Waals surface area contributed by atoms with Crippen LogP contribution in [0.15, 0.2) is 35.1 Å². The van der Waals surface area contributed by atoms with Crippen molar-refractivity contribution < 1.29 is 14.4 Å². The first-order valence-corrected chi connectivity index (χ1v) is 6.26. The summed E-state index contributed by atoms with van der Waals surface area (Å²) < 4.78 is 4.73. The molecule has 19 heavy (non-hydrogen) atoms. The Labute approximate surface area is 110 Å². The molecule has 1 aliphatic rings. The van der Waals surface area contributed by atoms with E-state index in [2.05, 4.69) is 5.16 Å². The minimum atomic E-state index is -0.0728. The van der Waals surface area contributed by atoms with Gasteiger partial charge in [0, 0.05) is 12.6 Å². The second kappa shape index (κ2) is 4.76. The Kier molecular flexibility index (Phi) is 2.95.